The van der Waals surface area contributed by atoms with E-state index in [0.717, 1.165) is 22.8 Å². The van der Waals surface area contributed by atoms with Gasteiger partial charge >= 0.3 is 0 Å². The Bertz CT molecular complexity index is 653. The number of rotatable bonds is 7. The van der Waals surface area contributed by atoms with Crippen LogP contribution in [0, 0.1) is 0 Å². The normalized spacial score (nSPS) is 13.1. The second-order valence-electron chi connectivity index (χ2n) is 5.15. The zero-order chi connectivity index (χ0) is 16.7. The summed E-state index contributed by atoms with van der Waals surface area (Å²) in [5.41, 5.74) is 0.807. The first-order chi connectivity index (χ1) is 11.2. The van der Waals surface area contributed by atoms with Gasteiger partial charge in [0.25, 0.3) is 0 Å². The molecule has 0 bridgehead atoms. The molecule has 0 saturated carbocycles. The lowest BCUT2D eigenvalue weighted by molar-refractivity contribution is 0.179. The highest BCUT2D eigenvalue weighted by Crippen LogP contribution is 2.16. The van der Waals surface area contributed by atoms with Gasteiger partial charge in [0.05, 0.1) is 18.2 Å². The summed E-state index contributed by atoms with van der Waals surface area (Å²) in [5.74, 6) is 1.52. The first kappa shape index (κ1) is 16.9. The number of ether oxygens (including phenoxy) is 1. The van der Waals surface area contributed by atoms with Gasteiger partial charge in [0.1, 0.15) is 12.1 Å². The predicted molar refractivity (Wildman–Crippen MR) is 90.6 cm³/mol. The molecule has 2 rings (SSSR count). The molecule has 0 amide bonds. The highest BCUT2D eigenvalue weighted by molar-refractivity contribution is 5.86. The van der Waals surface area contributed by atoms with E-state index in [4.69, 9.17) is 4.74 Å². The van der Waals surface area contributed by atoms with Gasteiger partial charge in [-0.15, -0.1) is 0 Å². The van der Waals surface area contributed by atoms with Crippen molar-refractivity contribution in [3.8, 4) is 0 Å². The molecule has 0 spiro atoms. The molecule has 2 aromatic rings. The Balaban J connectivity index is 1.82. The second kappa shape index (κ2) is 8.28. The van der Waals surface area contributed by atoms with E-state index in [1.165, 1.54) is 6.33 Å². The van der Waals surface area contributed by atoms with Gasteiger partial charge in [0.15, 0.2) is 11.6 Å². The number of nitrogens with one attached hydrogen (secondary N) is 3. The van der Waals surface area contributed by atoms with Crippen LogP contribution in [0.4, 0.5) is 5.82 Å². The number of hydrogen-bond donors (Lipinski definition) is 3. The number of aromatic nitrogens is 4. The quantitative estimate of drug-likeness (QED) is 0.374. The summed E-state index contributed by atoms with van der Waals surface area (Å²) in [5, 5.41) is 14.9. The van der Waals surface area contributed by atoms with E-state index in [9.17, 15) is 0 Å². The van der Waals surface area contributed by atoms with E-state index in [-0.39, 0.29) is 6.04 Å². The lowest BCUT2D eigenvalue weighted by atomic mass is 10.4. The number of anilines is 1. The summed E-state index contributed by atoms with van der Waals surface area (Å²) in [6.07, 6.45) is 3.30. The highest BCUT2D eigenvalue weighted by Gasteiger charge is 2.07. The number of guanidine groups is 1. The molecular formula is C14H24N8O. The van der Waals surface area contributed by atoms with Crippen LogP contribution in [0.2, 0.25) is 0 Å². The van der Waals surface area contributed by atoms with Crippen molar-refractivity contribution in [2.45, 2.75) is 13.0 Å². The standard InChI is InChI=1S/C14H24N8O/c1-10(8-23-4)21-14(15-2)17-6-5-16-12-11-7-20-22(3)13(11)19-9-18-12/h7,9-10H,5-6,8H2,1-4H3,(H2,15,17,21)(H,16,18,19). The number of aryl methyl sites for hydroxylation is 1. The van der Waals surface area contributed by atoms with Crippen molar-refractivity contribution < 1.29 is 4.74 Å². The van der Waals surface area contributed by atoms with Crippen LogP contribution in [0.1, 0.15) is 6.92 Å². The molecule has 9 heteroatoms. The Morgan fingerprint density at radius 1 is 1.39 bits per heavy atom. The minimum absolute atomic E-state index is 0.191. The molecule has 0 radical (unpaired) electrons. The molecule has 3 N–H and O–H groups in total. The minimum atomic E-state index is 0.191. The van der Waals surface area contributed by atoms with Gasteiger partial charge in [0, 0.05) is 40.3 Å². The Morgan fingerprint density at radius 2 is 2.22 bits per heavy atom. The molecule has 0 saturated heterocycles. The van der Waals surface area contributed by atoms with E-state index in [2.05, 4.69) is 36.0 Å². The summed E-state index contributed by atoms with van der Waals surface area (Å²) < 4.78 is 6.82. The van der Waals surface area contributed by atoms with Crippen LogP contribution in [0.3, 0.4) is 0 Å². The molecule has 0 fully saturated rings. The first-order valence-corrected chi connectivity index (χ1v) is 7.48. The zero-order valence-corrected chi connectivity index (χ0v) is 14.0. The third-order valence-corrected chi connectivity index (χ3v) is 3.26. The number of nitrogens with zero attached hydrogens (tertiary/aromatic N) is 5. The highest BCUT2D eigenvalue weighted by atomic mass is 16.5. The zero-order valence-electron chi connectivity index (χ0n) is 14.0. The van der Waals surface area contributed by atoms with Gasteiger partial charge < -0.3 is 20.7 Å². The van der Waals surface area contributed by atoms with Crippen LogP contribution >= 0.6 is 0 Å². The van der Waals surface area contributed by atoms with E-state index >= 15 is 0 Å². The maximum atomic E-state index is 5.10. The summed E-state index contributed by atoms with van der Waals surface area (Å²) in [7, 11) is 5.28. The summed E-state index contributed by atoms with van der Waals surface area (Å²) in [6.45, 7) is 4.05. The van der Waals surface area contributed by atoms with E-state index in [1.54, 1.807) is 25.0 Å². The van der Waals surface area contributed by atoms with Gasteiger partial charge in [0.2, 0.25) is 0 Å². The third-order valence-electron chi connectivity index (χ3n) is 3.26. The molecule has 0 aliphatic heterocycles. The van der Waals surface area contributed by atoms with Crippen molar-refractivity contribution in [1.82, 2.24) is 30.4 Å². The van der Waals surface area contributed by atoms with Crippen molar-refractivity contribution in [3.63, 3.8) is 0 Å². The van der Waals surface area contributed by atoms with E-state index in [0.29, 0.717) is 19.7 Å². The van der Waals surface area contributed by atoms with Crippen LogP contribution in [-0.2, 0) is 11.8 Å². The molecule has 126 valence electrons. The fourth-order valence-corrected chi connectivity index (χ4v) is 2.18. The fourth-order valence-electron chi connectivity index (χ4n) is 2.18. The average molecular weight is 320 g/mol. The predicted octanol–water partition coefficient (Wildman–Crippen LogP) is -0.0249. The van der Waals surface area contributed by atoms with Crippen LogP contribution < -0.4 is 16.0 Å². The Labute approximate surface area is 135 Å². The topological polar surface area (TPSA) is 101 Å². The van der Waals surface area contributed by atoms with Gasteiger partial charge in [-0.05, 0) is 6.92 Å². The van der Waals surface area contributed by atoms with Crippen molar-refractivity contribution >= 4 is 22.8 Å². The Hall–Kier alpha value is -2.42. The van der Waals surface area contributed by atoms with Crippen LogP contribution in [0.25, 0.3) is 11.0 Å². The molecule has 1 unspecified atom stereocenters. The molecule has 2 aromatic heterocycles. The van der Waals surface area contributed by atoms with Crippen LogP contribution in [-0.4, -0.2) is 65.6 Å². The van der Waals surface area contributed by atoms with Crippen molar-refractivity contribution in [2.24, 2.45) is 12.0 Å². The number of hydrogen-bond acceptors (Lipinski definition) is 6. The van der Waals surface area contributed by atoms with E-state index in [1.807, 2.05) is 14.0 Å². The maximum absolute atomic E-state index is 5.10. The second-order valence-corrected chi connectivity index (χ2v) is 5.15. The molecule has 0 aromatic carbocycles. The van der Waals surface area contributed by atoms with Crippen molar-refractivity contribution in [3.05, 3.63) is 12.5 Å². The first-order valence-electron chi connectivity index (χ1n) is 7.48. The van der Waals surface area contributed by atoms with Gasteiger partial charge in [-0.1, -0.05) is 0 Å². The molecule has 2 heterocycles. The van der Waals surface area contributed by atoms with E-state index < -0.39 is 0 Å². The molecule has 9 nitrogen and oxygen atoms in total. The Kier molecular flexibility index (Phi) is 6.10. The summed E-state index contributed by atoms with van der Waals surface area (Å²) in [6, 6.07) is 0.191. The van der Waals surface area contributed by atoms with Crippen LogP contribution in [0.15, 0.2) is 17.5 Å². The average Bonchev–Trinajstić information content (AvgIpc) is 2.93. The third kappa shape index (κ3) is 4.52. The minimum Gasteiger partial charge on any atom is -0.383 e. The molecule has 23 heavy (non-hydrogen) atoms. The number of aliphatic imine (C=N–C) groups is 1. The molecule has 0 aliphatic carbocycles. The summed E-state index contributed by atoms with van der Waals surface area (Å²) in [4.78, 5) is 12.7. The van der Waals surface area contributed by atoms with Gasteiger partial charge in [-0.2, -0.15) is 5.10 Å². The SMILES string of the molecule is CN=C(NCCNc1ncnc2c1cnn2C)NC(C)COC. The summed E-state index contributed by atoms with van der Waals surface area (Å²) >= 11 is 0. The largest absolute Gasteiger partial charge is 0.383 e. The van der Waals surface area contributed by atoms with Crippen molar-refractivity contribution in [1.29, 1.82) is 0 Å². The number of methoxy groups -OCH3 is 1. The molecule has 0 aliphatic rings. The van der Waals surface area contributed by atoms with Gasteiger partial charge in [-0.3, -0.25) is 9.67 Å². The molecular weight excluding hydrogens is 296 g/mol. The molecule has 1 atom stereocenters. The number of fused-ring (bicyclic) bond motifs is 1. The van der Waals surface area contributed by atoms with Gasteiger partial charge in [-0.25, -0.2) is 9.97 Å². The lowest BCUT2D eigenvalue weighted by Crippen LogP contribution is -2.45. The lowest BCUT2D eigenvalue weighted by Gasteiger charge is -2.17. The Morgan fingerprint density at radius 3 is 2.96 bits per heavy atom. The maximum Gasteiger partial charge on any atom is 0.191 e. The van der Waals surface area contributed by atoms with Crippen molar-refractivity contribution in [2.75, 3.05) is 39.2 Å². The van der Waals surface area contributed by atoms with Crippen LogP contribution in [0.5, 0.6) is 0 Å². The fraction of sp³-hybridized carbons (Fsp3) is 0.571. The smallest absolute Gasteiger partial charge is 0.191 e. The monoisotopic (exact) mass is 320 g/mol.